The number of hydrogen-bond donors (Lipinski definition) is 0. The van der Waals surface area contributed by atoms with Crippen LogP contribution in [-0.4, -0.2) is 56.0 Å². The first-order chi connectivity index (χ1) is 13.9. The van der Waals surface area contributed by atoms with Crippen molar-refractivity contribution in [2.24, 2.45) is 5.92 Å². The van der Waals surface area contributed by atoms with Gasteiger partial charge in [0, 0.05) is 37.2 Å². The van der Waals surface area contributed by atoms with Gasteiger partial charge in [0.1, 0.15) is 6.10 Å². The number of rotatable bonds is 7. The fourth-order valence-electron chi connectivity index (χ4n) is 3.79. The fourth-order valence-corrected chi connectivity index (χ4v) is 4.04. The molecule has 3 rings (SSSR count). The lowest BCUT2D eigenvalue weighted by molar-refractivity contribution is -0.134. The normalized spacial score (nSPS) is 16.9. The third-order valence-corrected chi connectivity index (χ3v) is 5.84. The molecule has 0 radical (unpaired) electrons. The minimum Gasteiger partial charge on any atom is -0.367 e. The molecule has 2 aromatic rings. The number of carbonyl (C=O) groups is 1. The van der Waals surface area contributed by atoms with Crippen molar-refractivity contribution in [2.45, 2.75) is 18.9 Å². The van der Waals surface area contributed by atoms with E-state index < -0.39 is 0 Å². The summed E-state index contributed by atoms with van der Waals surface area (Å²) >= 11 is 12.1. The number of nitrogens with zero attached hydrogens (tertiary/aromatic N) is 2. The Balaban J connectivity index is 0.00000320. The number of amides is 1. The number of carbonyl (C=O) groups excluding carboxylic acids is 1. The fraction of sp³-hybridized carbons (Fsp3) is 0.435. The van der Waals surface area contributed by atoms with Gasteiger partial charge in [0.15, 0.2) is 0 Å². The predicted octanol–water partition coefficient (Wildman–Crippen LogP) is 5.32. The van der Waals surface area contributed by atoms with E-state index in [-0.39, 0.29) is 30.3 Å². The van der Waals surface area contributed by atoms with Crippen molar-refractivity contribution in [3.05, 3.63) is 69.7 Å². The maximum absolute atomic E-state index is 12.3. The second-order valence-electron chi connectivity index (χ2n) is 7.73. The summed E-state index contributed by atoms with van der Waals surface area (Å²) in [5.41, 5.74) is 2.10. The molecule has 1 aliphatic heterocycles. The van der Waals surface area contributed by atoms with Crippen molar-refractivity contribution < 1.29 is 9.53 Å². The van der Waals surface area contributed by atoms with Crippen LogP contribution in [0.2, 0.25) is 10.0 Å². The number of piperidine rings is 1. The summed E-state index contributed by atoms with van der Waals surface area (Å²) in [7, 11) is 3.65. The third kappa shape index (κ3) is 6.86. The van der Waals surface area contributed by atoms with Crippen LogP contribution >= 0.6 is 35.6 Å². The van der Waals surface area contributed by atoms with E-state index in [0.717, 1.165) is 43.6 Å². The van der Waals surface area contributed by atoms with Crippen LogP contribution in [0.1, 0.15) is 30.1 Å². The first kappa shape index (κ1) is 25.0. The van der Waals surface area contributed by atoms with Gasteiger partial charge in [-0.15, -0.1) is 12.4 Å². The minimum absolute atomic E-state index is 0. The first-order valence-electron chi connectivity index (χ1n) is 10.00. The quantitative estimate of drug-likeness (QED) is 0.548. The number of benzene rings is 2. The van der Waals surface area contributed by atoms with Crippen LogP contribution in [0.4, 0.5) is 0 Å². The number of hydrogen-bond acceptors (Lipinski definition) is 3. The topological polar surface area (TPSA) is 32.8 Å². The monoisotopic (exact) mass is 470 g/mol. The molecule has 0 spiro atoms. The Hall–Kier alpha value is -1.30. The lowest BCUT2D eigenvalue weighted by Gasteiger charge is -2.33. The van der Waals surface area contributed by atoms with Crippen molar-refractivity contribution in [2.75, 3.05) is 40.3 Å². The highest BCUT2D eigenvalue weighted by Crippen LogP contribution is 2.28. The molecule has 30 heavy (non-hydrogen) atoms. The van der Waals surface area contributed by atoms with Gasteiger partial charge in [-0.2, -0.15) is 0 Å². The highest BCUT2D eigenvalue weighted by molar-refractivity contribution is 6.30. The molecule has 0 aromatic heterocycles. The highest BCUT2D eigenvalue weighted by atomic mass is 35.5. The molecule has 0 saturated carbocycles. The summed E-state index contributed by atoms with van der Waals surface area (Å²) < 4.78 is 6.32. The van der Waals surface area contributed by atoms with E-state index in [0.29, 0.717) is 16.7 Å². The molecule has 1 saturated heterocycles. The Labute approximate surface area is 195 Å². The van der Waals surface area contributed by atoms with Gasteiger partial charge >= 0.3 is 0 Å². The van der Waals surface area contributed by atoms with Crippen LogP contribution in [0.5, 0.6) is 0 Å². The molecular weight excluding hydrogens is 443 g/mol. The molecule has 1 heterocycles. The molecule has 1 amide bonds. The highest BCUT2D eigenvalue weighted by Gasteiger charge is 2.27. The molecular formula is C23H29Cl3N2O2. The van der Waals surface area contributed by atoms with Gasteiger partial charge in [-0.25, -0.2) is 0 Å². The van der Waals surface area contributed by atoms with Crippen molar-refractivity contribution >= 4 is 41.5 Å². The van der Waals surface area contributed by atoms with E-state index in [1.54, 1.807) is 4.90 Å². The largest absolute Gasteiger partial charge is 0.367 e. The van der Waals surface area contributed by atoms with Crippen molar-refractivity contribution in [1.82, 2.24) is 9.80 Å². The van der Waals surface area contributed by atoms with Crippen molar-refractivity contribution in [3.8, 4) is 0 Å². The summed E-state index contributed by atoms with van der Waals surface area (Å²) in [6.07, 6.45) is 1.82. The van der Waals surface area contributed by atoms with E-state index >= 15 is 0 Å². The molecule has 0 bridgehead atoms. The molecule has 1 aliphatic rings. The minimum atomic E-state index is -0.187. The van der Waals surface area contributed by atoms with Gasteiger partial charge in [-0.1, -0.05) is 47.5 Å². The van der Waals surface area contributed by atoms with Crippen LogP contribution < -0.4 is 0 Å². The molecule has 0 N–H and O–H groups in total. The average Bonchev–Trinajstić information content (AvgIpc) is 2.72. The number of likely N-dealkylation sites (tertiary alicyclic amines) is 1. The van der Waals surface area contributed by atoms with Gasteiger partial charge in [0.2, 0.25) is 5.91 Å². The van der Waals surface area contributed by atoms with Crippen LogP contribution in [0, 0.1) is 5.92 Å². The van der Waals surface area contributed by atoms with Gasteiger partial charge < -0.3 is 14.5 Å². The first-order valence-corrected chi connectivity index (χ1v) is 10.8. The maximum atomic E-state index is 12.3. The Morgan fingerprint density at radius 2 is 1.60 bits per heavy atom. The molecule has 4 nitrogen and oxygen atoms in total. The van der Waals surface area contributed by atoms with E-state index in [4.69, 9.17) is 27.9 Å². The van der Waals surface area contributed by atoms with Gasteiger partial charge in [-0.05, 0) is 54.8 Å². The molecule has 1 unspecified atom stereocenters. The zero-order chi connectivity index (χ0) is 20.8. The molecule has 164 valence electrons. The average molecular weight is 472 g/mol. The third-order valence-electron chi connectivity index (χ3n) is 5.33. The summed E-state index contributed by atoms with van der Waals surface area (Å²) in [5.74, 6) is 0.304. The standard InChI is InChI=1S/C23H28Cl2N2O2.ClH/c1-26(2)23(28)19-4-3-13-27(16-19)14-15-29-22(17-5-9-20(24)10-6-17)18-7-11-21(25)12-8-18;/h5-12,19,22H,3-4,13-16H2,1-2H3;1H. The van der Waals surface area contributed by atoms with E-state index in [1.807, 2.05) is 62.6 Å². The second-order valence-corrected chi connectivity index (χ2v) is 8.60. The molecule has 0 aliphatic carbocycles. The lowest BCUT2D eigenvalue weighted by Crippen LogP contribution is -2.43. The van der Waals surface area contributed by atoms with Gasteiger partial charge in [0.05, 0.1) is 12.5 Å². The van der Waals surface area contributed by atoms with Crippen LogP contribution in [0.3, 0.4) is 0 Å². The van der Waals surface area contributed by atoms with Crippen LogP contribution in [-0.2, 0) is 9.53 Å². The molecule has 2 aromatic carbocycles. The SMILES string of the molecule is CN(C)C(=O)C1CCCN(CCOC(c2ccc(Cl)cc2)c2ccc(Cl)cc2)C1.Cl. The lowest BCUT2D eigenvalue weighted by atomic mass is 9.97. The summed E-state index contributed by atoms with van der Waals surface area (Å²) in [5, 5.41) is 1.40. The summed E-state index contributed by atoms with van der Waals surface area (Å²) in [6.45, 7) is 3.19. The number of halogens is 3. The van der Waals surface area contributed by atoms with Gasteiger partial charge in [-0.3, -0.25) is 4.79 Å². The van der Waals surface area contributed by atoms with Crippen molar-refractivity contribution in [1.29, 1.82) is 0 Å². The number of ether oxygens (including phenoxy) is 1. The van der Waals surface area contributed by atoms with E-state index in [9.17, 15) is 4.79 Å². The zero-order valence-electron chi connectivity index (χ0n) is 17.4. The molecule has 7 heteroatoms. The summed E-state index contributed by atoms with van der Waals surface area (Å²) in [6, 6.07) is 15.5. The zero-order valence-corrected chi connectivity index (χ0v) is 19.7. The van der Waals surface area contributed by atoms with Crippen LogP contribution in [0.25, 0.3) is 0 Å². The Kier molecular flexibility index (Phi) is 9.92. The van der Waals surface area contributed by atoms with E-state index in [2.05, 4.69) is 4.90 Å². The Morgan fingerprint density at radius 1 is 1.07 bits per heavy atom. The van der Waals surface area contributed by atoms with E-state index in [1.165, 1.54) is 0 Å². The summed E-state index contributed by atoms with van der Waals surface area (Å²) in [4.78, 5) is 16.3. The maximum Gasteiger partial charge on any atom is 0.226 e. The molecule has 1 atom stereocenters. The van der Waals surface area contributed by atoms with Crippen LogP contribution in [0.15, 0.2) is 48.5 Å². The smallest absolute Gasteiger partial charge is 0.226 e. The molecule has 1 fully saturated rings. The second kappa shape index (κ2) is 11.9. The predicted molar refractivity (Wildman–Crippen MR) is 126 cm³/mol. The van der Waals surface area contributed by atoms with Crippen molar-refractivity contribution in [3.63, 3.8) is 0 Å². The van der Waals surface area contributed by atoms with Gasteiger partial charge in [0.25, 0.3) is 0 Å². The Morgan fingerprint density at radius 3 is 2.10 bits per heavy atom. The Bertz CT molecular complexity index is 752.